The lowest BCUT2D eigenvalue weighted by molar-refractivity contribution is 0.702. The van der Waals surface area contributed by atoms with Crippen molar-refractivity contribution in [1.29, 1.82) is 0 Å². The smallest absolute Gasteiger partial charge is 0.0536 e. The standard InChI is InChI=1S/C6H14.C4H10.3CH4/c1-3-5-6-4-2;1-3-4-2;;;/h3-6H2,1-2H3;3-4H2,1-2H3;3*1H4. The molecule has 0 rings (SSSR count). The molecule has 0 N–H and O–H groups in total. The lowest BCUT2D eigenvalue weighted by Gasteiger charge is -1.86. The van der Waals surface area contributed by atoms with Crippen LogP contribution in [0.2, 0.25) is 0 Å². The summed E-state index contributed by atoms with van der Waals surface area (Å²) in [4.78, 5) is 0. The molecular weight excluding hydrogens is 156 g/mol. The fraction of sp³-hybridized carbons (Fsp3) is 1.00. The molecule has 0 radical (unpaired) electrons. The van der Waals surface area contributed by atoms with Crippen molar-refractivity contribution in [3.63, 3.8) is 0 Å². The molecular formula is C13H36. The third-order valence-corrected chi connectivity index (χ3v) is 1.46. The van der Waals surface area contributed by atoms with Gasteiger partial charge in [-0.1, -0.05) is 88.5 Å². The van der Waals surface area contributed by atoms with E-state index in [4.69, 9.17) is 0 Å². The molecule has 0 heterocycles. The van der Waals surface area contributed by atoms with Gasteiger partial charge in [-0.25, -0.2) is 0 Å². The van der Waals surface area contributed by atoms with Crippen LogP contribution in [0.1, 0.15) is 88.5 Å². The molecule has 0 heteroatoms. The van der Waals surface area contributed by atoms with Crippen LogP contribution >= 0.6 is 0 Å². The Kier molecular flexibility index (Phi) is 90.8. The highest BCUT2D eigenvalue weighted by atomic mass is 13.8. The second-order valence-corrected chi connectivity index (χ2v) is 2.71. The van der Waals surface area contributed by atoms with Gasteiger partial charge in [0.1, 0.15) is 0 Å². The van der Waals surface area contributed by atoms with Crippen LogP contribution in [-0.4, -0.2) is 0 Å². The molecule has 0 aliphatic carbocycles. The van der Waals surface area contributed by atoms with Gasteiger partial charge in [-0.3, -0.25) is 0 Å². The molecule has 0 aromatic heterocycles. The van der Waals surface area contributed by atoms with Crippen molar-refractivity contribution in [2.75, 3.05) is 0 Å². The van der Waals surface area contributed by atoms with Crippen LogP contribution in [0.15, 0.2) is 0 Å². The van der Waals surface area contributed by atoms with Gasteiger partial charge in [-0.2, -0.15) is 0 Å². The molecule has 0 unspecified atom stereocenters. The van der Waals surface area contributed by atoms with Gasteiger partial charge in [0.25, 0.3) is 0 Å². The summed E-state index contributed by atoms with van der Waals surface area (Å²) in [6.45, 7) is 8.82. The van der Waals surface area contributed by atoms with E-state index in [1.165, 1.54) is 38.5 Å². The van der Waals surface area contributed by atoms with E-state index in [-0.39, 0.29) is 22.3 Å². The average molecular weight is 192 g/mol. The molecule has 0 amide bonds. The van der Waals surface area contributed by atoms with E-state index in [0.717, 1.165) is 0 Å². The van der Waals surface area contributed by atoms with Crippen molar-refractivity contribution in [1.82, 2.24) is 0 Å². The van der Waals surface area contributed by atoms with Gasteiger partial charge in [-0.15, -0.1) is 0 Å². The molecule has 0 saturated carbocycles. The molecule has 0 aliphatic heterocycles. The molecule has 13 heavy (non-hydrogen) atoms. The minimum Gasteiger partial charge on any atom is -0.0776 e. The first-order valence-electron chi connectivity index (χ1n) is 4.83. The predicted molar refractivity (Wildman–Crippen MR) is 70.6 cm³/mol. The second kappa shape index (κ2) is 40.3. The molecule has 0 aliphatic rings. The van der Waals surface area contributed by atoms with Crippen LogP contribution in [0.25, 0.3) is 0 Å². The van der Waals surface area contributed by atoms with Crippen molar-refractivity contribution in [3.8, 4) is 0 Å². The summed E-state index contributed by atoms with van der Waals surface area (Å²) in [6.07, 6.45) is 8.18. The second-order valence-electron chi connectivity index (χ2n) is 2.71. The SMILES string of the molecule is C.C.C.CCCC.CCCCCC. The molecule has 0 atom stereocenters. The summed E-state index contributed by atoms with van der Waals surface area (Å²) < 4.78 is 0. The minimum absolute atomic E-state index is 0. The Balaban J connectivity index is -0.0000000279. The fourth-order valence-corrected chi connectivity index (χ4v) is 0.500. The molecule has 0 spiro atoms. The van der Waals surface area contributed by atoms with Crippen molar-refractivity contribution in [2.24, 2.45) is 0 Å². The topological polar surface area (TPSA) is 0 Å². The third kappa shape index (κ3) is 75.0. The van der Waals surface area contributed by atoms with Crippen molar-refractivity contribution >= 4 is 0 Å². The average Bonchev–Trinajstić information content (AvgIpc) is 2.01. The largest absolute Gasteiger partial charge is 0.0776 e. The summed E-state index contributed by atoms with van der Waals surface area (Å²) in [5.41, 5.74) is 0. The predicted octanol–water partition coefficient (Wildman–Crippen LogP) is 6.30. The van der Waals surface area contributed by atoms with Gasteiger partial charge < -0.3 is 0 Å². The Morgan fingerprint density at radius 3 is 0.769 bits per heavy atom. The molecule has 0 aromatic carbocycles. The first kappa shape index (κ1) is 29.2. The Hall–Kier alpha value is 0. The zero-order chi connectivity index (χ0) is 8.24. The lowest BCUT2D eigenvalue weighted by Crippen LogP contribution is -1.66. The Morgan fingerprint density at radius 2 is 0.692 bits per heavy atom. The Morgan fingerprint density at radius 1 is 0.462 bits per heavy atom. The highest BCUT2D eigenvalue weighted by molar-refractivity contribution is 4.31. The molecule has 0 fully saturated rings. The Bertz CT molecular complexity index is 25.0. The van der Waals surface area contributed by atoms with Crippen LogP contribution in [0.4, 0.5) is 0 Å². The lowest BCUT2D eigenvalue weighted by atomic mass is 10.2. The van der Waals surface area contributed by atoms with Gasteiger partial charge in [0.2, 0.25) is 0 Å². The van der Waals surface area contributed by atoms with E-state index in [2.05, 4.69) is 27.7 Å². The zero-order valence-corrected chi connectivity index (χ0v) is 8.24. The zero-order valence-electron chi connectivity index (χ0n) is 8.24. The van der Waals surface area contributed by atoms with Crippen molar-refractivity contribution < 1.29 is 0 Å². The number of hydrogen-bond acceptors (Lipinski definition) is 0. The molecule has 0 nitrogen and oxygen atoms in total. The van der Waals surface area contributed by atoms with Crippen LogP contribution in [0.3, 0.4) is 0 Å². The quantitative estimate of drug-likeness (QED) is 0.458. The van der Waals surface area contributed by atoms with Gasteiger partial charge in [0.15, 0.2) is 0 Å². The summed E-state index contributed by atoms with van der Waals surface area (Å²) in [6, 6.07) is 0. The molecule has 0 bridgehead atoms. The van der Waals surface area contributed by atoms with Gasteiger partial charge in [0, 0.05) is 0 Å². The summed E-state index contributed by atoms with van der Waals surface area (Å²) in [5, 5.41) is 0. The Labute approximate surface area is 89.1 Å². The maximum atomic E-state index is 2.23. The molecule has 88 valence electrons. The maximum absolute atomic E-state index is 2.23. The van der Waals surface area contributed by atoms with Crippen LogP contribution < -0.4 is 0 Å². The van der Waals surface area contributed by atoms with Crippen LogP contribution in [0.5, 0.6) is 0 Å². The van der Waals surface area contributed by atoms with Gasteiger partial charge in [-0.05, 0) is 0 Å². The van der Waals surface area contributed by atoms with Gasteiger partial charge >= 0.3 is 0 Å². The highest BCUT2D eigenvalue weighted by Gasteiger charge is 1.75. The van der Waals surface area contributed by atoms with Crippen molar-refractivity contribution in [3.05, 3.63) is 0 Å². The van der Waals surface area contributed by atoms with Crippen LogP contribution in [-0.2, 0) is 0 Å². The number of rotatable bonds is 4. The molecule has 0 saturated heterocycles. The van der Waals surface area contributed by atoms with E-state index in [1.54, 1.807) is 0 Å². The maximum Gasteiger partial charge on any atom is -0.0536 e. The monoisotopic (exact) mass is 192 g/mol. The summed E-state index contributed by atoms with van der Waals surface area (Å²) >= 11 is 0. The van der Waals surface area contributed by atoms with Crippen LogP contribution in [0, 0.1) is 0 Å². The fourth-order valence-electron chi connectivity index (χ4n) is 0.500. The minimum atomic E-state index is 0. The number of hydrogen-bond donors (Lipinski definition) is 0. The summed E-state index contributed by atoms with van der Waals surface area (Å²) in [5.74, 6) is 0. The van der Waals surface area contributed by atoms with Crippen molar-refractivity contribution in [2.45, 2.75) is 88.5 Å². The first-order chi connectivity index (χ1) is 4.83. The van der Waals surface area contributed by atoms with E-state index in [9.17, 15) is 0 Å². The molecule has 0 aromatic rings. The summed E-state index contributed by atoms with van der Waals surface area (Å²) in [7, 11) is 0. The third-order valence-electron chi connectivity index (χ3n) is 1.46. The van der Waals surface area contributed by atoms with E-state index < -0.39 is 0 Å². The van der Waals surface area contributed by atoms with E-state index in [0.29, 0.717) is 0 Å². The van der Waals surface area contributed by atoms with Gasteiger partial charge in [0.05, 0.1) is 0 Å². The number of unbranched alkanes of at least 4 members (excludes halogenated alkanes) is 4. The van der Waals surface area contributed by atoms with E-state index in [1.807, 2.05) is 0 Å². The normalized spacial score (nSPS) is 6.46. The first-order valence-corrected chi connectivity index (χ1v) is 4.83. The highest BCUT2D eigenvalue weighted by Crippen LogP contribution is 1.95. The van der Waals surface area contributed by atoms with E-state index >= 15 is 0 Å².